The van der Waals surface area contributed by atoms with Gasteiger partial charge in [0, 0.05) is 49.3 Å². The first-order valence-corrected chi connectivity index (χ1v) is 10.7. The molecule has 29 heavy (non-hydrogen) atoms. The zero-order valence-corrected chi connectivity index (χ0v) is 17.9. The molecular weight excluding hydrogens is 370 g/mol. The molecule has 3 N–H and O–H groups in total. The molecule has 1 fully saturated rings. The number of hydrogen-bond donors (Lipinski definition) is 3. The normalized spacial score (nSPS) is 23.6. The standard InChI is InChI=1S/C22H35N3O4/c1-4-23-21(25-14-22(6-8-26)7-9-27-15-22)24-13-18-12-20-17(10-16(3)29-20)11-19(18)28-5-2/h11-12,16,26H,4-10,13-15H2,1-3H3,(H2,23,24,25). The molecule has 162 valence electrons. The van der Waals surface area contributed by atoms with E-state index in [1.54, 1.807) is 0 Å². The van der Waals surface area contributed by atoms with Gasteiger partial charge in [-0.3, -0.25) is 0 Å². The maximum atomic E-state index is 9.43. The van der Waals surface area contributed by atoms with Gasteiger partial charge >= 0.3 is 0 Å². The summed E-state index contributed by atoms with van der Waals surface area (Å²) in [6.07, 6.45) is 2.80. The summed E-state index contributed by atoms with van der Waals surface area (Å²) in [5, 5.41) is 16.2. The van der Waals surface area contributed by atoms with E-state index in [1.165, 1.54) is 5.56 Å². The van der Waals surface area contributed by atoms with Crippen LogP contribution >= 0.6 is 0 Å². The molecule has 2 unspecified atom stereocenters. The number of rotatable bonds is 9. The van der Waals surface area contributed by atoms with Gasteiger partial charge in [0.2, 0.25) is 0 Å². The molecule has 1 aromatic rings. The van der Waals surface area contributed by atoms with Crippen molar-refractivity contribution in [1.29, 1.82) is 0 Å². The molecule has 0 amide bonds. The molecule has 7 nitrogen and oxygen atoms in total. The SMILES string of the molecule is CCNC(=NCc1cc2c(cc1OCC)CC(C)O2)NCC1(CCO)CCOC1. The molecule has 2 heterocycles. The topological polar surface area (TPSA) is 84.3 Å². The highest BCUT2D eigenvalue weighted by Crippen LogP contribution is 2.35. The Kier molecular flexibility index (Phi) is 7.61. The van der Waals surface area contributed by atoms with Gasteiger partial charge in [0.05, 0.1) is 19.8 Å². The summed E-state index contributed by atoms with van der Waals surface area (Å²) in [4.78, 5) is 4.78. The molecule has 3 rings (SSSR count). The third-order valence-corrected chi connectivity index (χ3v) is 5.59. The van der Waals surface area contributed by atoms with Crippen LogP contribution in [0, 0.1) is 5.41 Å². The van der Waals surface area contributed by atoms with Gasteiger partial charge in [0.15, 0.2) is 5.96 Å². The predicted octanol–water partition coefficient (Wildman–Crippen LogP) is 2.25. The van der Waals surface area contributed by atoms with Crippen molar-refractivity contribution in [2.24, 2.45) is 10.4 Å². The highest BCUT2D eigenvalue weighted by molar-refractivity contribution is 5.79. The second-order valence-corrected chi connectivity index (χ2v) is 7.96. The lowest BCUT2D eigenvalue weighted by Gasteiger charge is -2.27. The number of ether oxygens (including phenoxy) is 3. The molecule has 0 aliphatic carbocycles. The summed E-state index contributed by atoms with van der Waals surface area (Å²) in [5.41, 5.74) is 2.19. The van der Waals surface area contributed by atoms with Crippen molar-refractivity contribution >= 4 is 5.96 Å². The Bertz CT molecular complexity index is 702. The first-order chi connectivity index (χ1) is 14.1. The van der Waals surface area contributed by atoms with E-state index < -0.39 is 0 Å². The Balaban J connectivity index is 1.72. The average Bonchev–Trinajstić information content (AvgIpc) is 3.30. The van der Waals surface area contributed by atoms with E-state index in [4.69, 9.17) is 19.2 Å². The van der Waals surface area contributed by atoms with Crippen LogP contribution in [0.3, 0.4) is 0 Å². The third-order valence-electron chi connectivity index (χ3n) is 5.59. The summed E-state index contributed by atoms with van der Waals surface area (Å²) in [6, 6.07) is 4.16. The van der Waals surface area contributed by atoms with Gasteiger partial charge in [-0.25, -0.2) is 4.99 Å². The van der Waals surface area contributed by atoms with Crippen molar-refractivity contribution < 1.29 is 19.3 Å². The molecular formula is C22H35N3O4. The molecule has 2 atom stereocenters. The van der Waals surface area contributed by atoms with Crippen LogP contribution in [0.5, 0.6) is 11.5 Å². The quantitative estimate of drug-likeness (QED) is 0.432. The van der Waals surface area contributed by atoms with E-state index in [2.05, 4.69) is 36.6 Å². The van der Waals surface area contributed by atoms with E-state index in [9.17, 15) is 5.11 Å². The molecule has 0 radical (unpaired) electrons. The molecule has 1 aromatic carbocycles. The van der Waals surface area contributed by atoms with E-state index >= 15 is 0 Å². The predicted molar refractivity (Wildman–Crippen MR) is 114 cm³/mol. The van der Waals surface area contributed by atoms with Crippen LogP contribution in [0.25, 0.3) is 0 Å². The number of nitrogens with zero attached hydrogens (tertiary/aromatic N) is 1. The van der Waals surface area contributed by atoms with Gasteiger partial charge in [-0.05, 0) is 45.7 Å². The fourth-order valence-electron chi connectivity index (χ4n) is 3.98. The van der Waals surface area contributed by atoms with Gasteiger partial charge in [-0.1, -0.05) is 0 Å². The van der Waals surface area contributed by atoms with Crippen molar-refractivity contribution in [2.45, 2.75) is 52.7 Å². The largest absolute Gasteiger partial charge is 0.494 e. The zero-order valence-electron chi connectivity index (χ0n) is 17.9. The number of hydrogen-bond acceptors (Lipinski definition) is 5. The van der Waals surface area contributed by atoms with E-state index in [0.717, 1.165) is 62.0 Å². The highest BCUT2D eigenvalue weighted by atomic mass is 16.5. The van der Waals surface area contributed by atoms with Crippen molar-refractivity contribution in [3.63, 3.8) is 0 Å². The molecule has 0 spiro atoms. The highest BCUT2D eigenvalue weighted by Gasteiger charge is 2.34. The summed E-state index contributed by atoms with van der Waals surface area (Å²) >= 11 is 0. The summed E-state index contributed by atoms with van der Waals surface area (Å²) in [5.74, 6) is 2.58. The number of aliphatic imine (C=N–C) groups is 1. The van der Waals surface area contributed by atoms with Crippen LogP contribution in [-0.4, -0.2) is 56.7 Å². The average molecular weight is 406 g/mol. The zero-order chi connectivity index (χ0) is 20.7. The minimum Gasteiger partial charge on any atom is -0.494 e. The minimum atomic E-state index is -0.0288. The van der Waals surface area contributed by atoms with Gasteiger partial charge in [0.1, 0.15) is 17.6 Å². The van der Waals surface area contributed by atoms with Gasteiger partial charge in [-0.15, -0.1) is 0 Å². The molecule has 2 aliphatic rings. The van der Waals surface area contributed by atoms with Gasteiger partial charge < -0.3 is 30.0 Å². The Hall–Kier alpha value is -1.99. The summed E-state index contributed by atoms with van der Waals surface area (Å²) in [7, 11) is 0. The molecule has 0 aromatic heterocycles. The maximum Gasteiger partial charge on any atom is 0.191 e. The fraction of sp³-hybridized carbons (Fsp3) is 0.682. The molecule has 1 saturated heterocycles. The smallest absolute Gasteiger partial charge is 0.191 e. The van der Waals surface area contributed by atoms with E-state index in [1.807, 2.05) is 6.92 Å². The number of aliphatic hydroxyl groups excluding tert-OH is 1. The Morgan fingerprint density at radius 2 is 2.21 bits per heavy atom. The Morgan fingerprint density at radius 1 is 1.34 bits per heavy atom. The molecule has 0 saturated carbocycles. The van der Waals surface area contributed by atoms with Crippen molar-refractivity contribution in [2.75, 3.05) is 39.5 Å². The number of aliphatic hydroxyl groups is 1. The third kappa shape index (κ3) is 5.54. The lowest BCUT2D eigenvalue weighted by molar-refractivity contribution is 0.127. The molecule has 7 heteroatoms. The van der Waals surface area contributed by atoms with Crippen LogP contribution in [0.4, 0.5) is 0 Å². The monoisotopic (exact) mass is 405 g/mol. The summed E-state index contributed by atoms with van der Waals surface area (Å²) in [6.45, 7) is 10.3. The number of benzene rings is 1. The van der Waals surface area contributed by atoms with Crippen LogP contribution in [-0.2, 0) is 17.7 Å². The van der Waals surface area contributed by atoms with Crippen LogP contribution in [0.1, 0.15) is 44.7 Å². The summed E-state index contributed by atoms with van der Waals surface area (Å²) < 4.78 is 17.4. The van der Waals surface area contributed by atoms with Crippen molar-refractivity contribution in [3.8, 4) is 11.5 Å². The second kappa shape index (κ2) is 10.2. The van der Waals surface area contributed by atoms with Gasteiger partial charge in [0.25, 0.3) is 0 Å². The lowest BCUT2D eigenvalue weighted by atomic mass is 9.84. The van der Waals surface area contributed by atoms with E-state index in [0.29, 0.717) is 19.8 Å². The van der Waals surface area contributed by atoms with Crippen LogP contribution in [0.15, 0.2) is 17.1 Å². The van der Waals surface area contributed by atoms with E-state index in [-0.39, 0.29) is 18.1 Å². The first kappa shape index (κ1) is 21.7. The van der Waals surface area contributed by atoms with Crippen molar-refractivity contribution in [3.05, 3.63) is 23.3 Å². The van der Waals surface area contributed by atoms with Crippen molar-refractivity contribution in [1.82, 2.24) is 10.6 Å². The minimum absolute atomic E-state index is 0.0288. The Labute approximate surface area is 173 Å². The van der Waals surface area contributed by atoms with Gasteiger partial charge in [-0.2, -0.15) is 0 Å². The number of fused-ring (bicyclic) bond motifs is 1. The Morgan fingerprint density at radius 3 is 2.90 bits per heavy atom. The molecule has 0 bridgehead atoms. The van der Waals surface area contributed by atoms with Crippen LogP contribution < -0.4 is 20.1 Å². The maximum absolute atomic E-state index is 9.43. The molecule has 2 aliphatic heterocycles. The van der Waals surface area contributed by atoms with Crippen LogP contribution in [0.2, 0.25) is 0 Å². The number of nitrogens with one attached hydrogen (secondary N) is 2. The number of guanidine groups is 1. The fourth-order valence-corrected chi connectivity index (χ4v) is 3.98. The lowest BCUT2D eigenvalue weighted by Crippen LogP contribution is -2.44. The first-order valence-electron chi connectivity index (χ1n) is 10.7. The second-order valence-electron chi connectivity index (χ2n) is 7.96.